The molecule has 2 rings (SSSR count). The van der Waals surface area contributed by atoms with Crippen LogP contribution in [0.25, 0.3) is 0 Å². The van der Waals surface area contributed by atoms with Gasteiger partial charge in [0.15, 0.2) is 0 Å². The Balaban J connectivity index is 2.26. The molecule has 0 bridgehead atoms. The molecule has 0 atom stereocenters. The van der Waals surface area contributed by atoms with Crippen LogP contribution in [0.15, 0.2) is 18.2 Å². The van der Waals surface area contributed by atoms with Crippen molar-refractivity contribution < 1.29 is 4.74 Å². The quantitative estimate of drug-likeness (QED) is 0.839. The lowest BCUT2D eigenvalue weighted by Gasteiger charge is -2.21. The second-order valence-electron chi connectivity index (χ2n) is 5.53. The molecule has 1 N–H and O–H groups in total. The van der Waals surface area contributed by atoms with Crippen LogP contribution in [0.3, 0.4) is 0 Å². The van der Waals surface area contributed by atoms with Crippen molar-refractivity contribution in [2.75, 3.05) is 12.4 Å². The Hall–Kier alpha value is -1.18. The smallest absolute Gasteiger partial charge is 0.142 e. The van der Waals surface area contributed by atoms with E-state index in [-0.39, 0.29) is 5.41 Å². The van der Waals surface area contributed by atoms with Crippen LogP contribution < -0.4 is 10.1 Å². The lowest BCUT2D eigenvalue weighted by molar-refractivity contribution is 0.304. The van der Waals surface area contributed by atoms with Crippen LogP contribution in [-0.2, 0) is 5.41 Å². The summed E-state index contributed by atoms with van der Waals surface area (Å²) in [5, 5.41) is 3.22. The van der Waals surface area contributed by atoms with Crippen LogP contribution in [0.5, 0.6) is 5.75 Å². The van der Waals surface area contributed by atoms with Crippen LogP contribution in [-0.4, -0.2) is 13.2 Å². The molecule has 1 aromatic rings. The second kappa shape index (κ2) is 4.00. The zero-order valence-corrected chi connectivity index (χ0v) is 10.6. The first-order valence-electron chi connectivity index (χ1n) is 5.99. The van der Waals surface area contributed by atoms with E-state index >= 15 is 0 Å². The summed E-state index contributed by atoms with van der Waals surface area (Å²) in [7, 11) is 1.95. The maximum absolute atomic E-state index is 5.85. The maximum atomic E-state index is 5.85. The number of benzene rings is 1. The molecular formula is C14H21NO. The van der Waals surface area contributed by atoms with Gasteiger partial charge >= 0.3 is 0 Å². The van der Waals surface area contributed by atoms with E-state index in [0.29, 0.717) is 6.10 Å². The predicted molar refractivity (Wildman–Crippen MR) is 68.3 cm³/mol. The minimum Gasteiger partial charge on any atom is -0.488 e. The Bertz CT molecular complexity index is 375. The third-order valence-electron chi connectivity index (χ3n) is 2.93. The molecule has 0 unspecified atom stereocenters. The van der Waals surface area contributed by atoms with E-state index < -0.39 is 0 Å². The number of anilines is 1. The van der Waals surface area contributed by atoms with Crippen LogP contribution in [0.4, 0.5) is 5.69 Å². The molecular weight excluding hydrogens is 198 g/mol. The zero-order chi connectivity index (χ0) is 11.8. The second-order valence-corrected chi connectivity index (χ2v) is 5.53. The van der Waals surface area contributed by atoms with Gasteiger partial charge in [-0.25, -0.2) is 0 Å². The van der Waals surface area contributed by atoms with Crippen molar-refractivity contribution in [2.24, 2.45) is 0 Å². The first-order chi connectivity index (χ1) is 7.50. The molecule has 1 aliphatic rings. The average molecular weight is 219 g/mol. The van der Waals surface area contributed by atoms with E-state index in [1.54, 1.807) is 0 Å². The van der Waals surface area contributed by atoms with E-state index in [0.717, 1.165) is 11.4 Å². The van der Waals surface area contributed by atoms with Crippen molar-refractivity contribution in [1.29, 1.82) is 0 Å². The van der Waals surface area contributed by atoms with Gasteiger partial charge in [-0.2, -0.15) is 0 Å². The zero-order valence-electron chi connectivity index (χ0n) is 10.6. The summed E-state index contributed by atoms with van der Waals surface area (Å²) >= 11 is 0. The molecule has 1 aliphatic carbocycles. The van der Waals surface area contributed by atoms with E-state index in [1.807, 2.05) is 7.05 Å². The van der Waals surface area contributed by atoms with Gasteiger partial charge in [-0.15, -0.1) is 0 Å². The molecule has 1 aromatic carbocycles. The van der Waals surface area contributed by atoms with Gasteiger partial charge in [-0.3, -0.25) is 0 Å². The fraction of sp³-hybridized carbons (Fsp3) is 0.571. The molecule has 1 fully saturated rings. The summed E-state index contributed by atoms with van der Waals surface area (Å²) in [5.41, 5.74) is 2.61. The van der Waals surface area contributed by atoms with Gasteiger partial charge in [-0.1, -0.05) is 26.8 Å². The number of rotatable bonds is 3. The minimum absolute atomic E-state index is 0.184. The van der Waals surface area contributed by atoms with Crippen molar-refractivity contribution in [3.63, 3.8) is 0 Å². The lowest BCUT2D eigenvalue weighted by atomic mass is 9.87. The molecule has 0 amide bonds. The fourth-order valence-corrected chi connectivity index (χ4v) is 1.66. The van der Waals surface area contributed by atoms with Crippen molar-refractivity contribution >= 4 is 5.69 Å². The summed E-state index contributed by atoms with van der Waals surface area (Å²) in [6, 6.07) is 6.45. The average Bonchev–Trinajstić information content (AvgIpc) is 3.00. The first kappa shape index (κ1) is 11.3. The molecule has 0 saturated heterocycles. The Kier molecular flexibility index (Phi) is 2.83. The van der Waals surface area contributed by atoms with Gasteiger partial charge in [0.1, 0.15) is 5.75 Å². The van der Waals surface area contributed by atoms with E-state index in [9.17, 15) is 0 Å². The van der Waals surface area contributed by atoms with Gasteiger partial charge in [0.2, 0.25) is 0 Å². The van der Waals surface area contributed by atoms with Gasteiger partial charge in [0.25, 0.3) is 0 Å². The summed E-state index contributed by atoms with van der Waals surface area (Å²) in [5.74, 6) is 0.984. The normalized spacial score (nSPS) is 16.0. The fourth-order valence-electron chi connectivity index (χ4n) is 1.66. The number of hydrogen-bond acceptors (Lipinski definition) is 2. The SMILES string of the molecule is CNc1cc(C(C)(C)C)ccc1OC1CC1. The number of hydrogen-bond donors (Lipinski definition) is 1. The predicted octanol–water partition coefficient (Wildman–Crippen LogP) is 3.57. The largest absolute Gasteiger partial charge is 0.488 e. The van der Waals surface area contributed by atoms with E-state index in [1.165, 1.54) is 18.4 Å². The molecule has 0 aliphatic heterocycles. The Morgan fingerprint density at radius 1 is 1.25 bits per heavy atom. The Morgan fingerprint density at radius 2 is 1.94 bits per heavy atom. The van der Waals surface area contributed by atoms with Crippen LogP contribution in [0.2, 0.25) is 0 Å². The minimum atomic E-state index is 0.184. The highest BCUT2D eigenvalue weighted by atomic mass is 16.5. The summed E-state index contributed by atoms with van der Waals surface area (Å²) < 4.78 is 5.85. The van der Waals surface area contributed by atoms with Crippen molar-refractivity contribution in [3.8, 4) is 5.75 Å². The molecule has 1 saturated carbocycles. The van der Waals surface area contributed by atoms with Crippen molar-refractivity contribution in [3.05, 3.63) is 23.8 Å². The summed E-state index contributed by atoms with van der Waals surface area (Å²) in [6.45, 7) is 6.68. The molecule has 2 nitrogen and oxygen atoms in total. The van der Waals surface area contributed by atoms with Crippen LogP contribution in [0.1, 0.15) is 39.2 Å². The first-order valence-corrected chi connectivity index (χ1v) is 5.99. The van der Waals surface area contributed by atoms with Gasteiger partial charge in [0.05, 0.1) is 11.8 Å². The van der Waals surface area contributed by atoms with E-state index in [2.05, 4.69) is 44.3 Å². The molecule has 0 spiro atoms. The topological polar surface area (TPSA) is 21.3 Å². The number of ether oxygens (including phenoxy) is 1. The molecule has 88 valence electrons. The summed E-state index contributed by atoms with van der Waals surface area (Å²) in [6.07, 6.45) is 2.85. The van der Waals surface area contributed by atoms with Crippen molar-refractivity contribution in [2.45, 2.75) is 45.1 Å². The molecule has 0 radical (unpaired) electrons. The summed E-state index contributed by atoms with van der Waals surface area (Å²) in [4.78, 5) is 0. The highest BCUT2D eigenvalue weighted by Crippen LogP contribution is 2.35. The Morgan fingerprint density at radius 3 is 2.44 bits per heavy atom. The molecule has 16 heavy (non-hydrogen) atoms. The standard InChI is InChI=1S/C14H21NO/c1-14(2,3)10-5-8-13(12(9-10)15-4)16-11-6-7-11/h5,8-9,11,15H,6-7H2,1-4H3. The van der Waals surface area contributed by atoms with E-state index in [4.69, 9.17) is 4.74 Å². The molecule has 0 aromatic heterocycles. The maximum Gasteiger partial charge on any atom is 0.142 e. The van der Waals surface area contributed by atoms with Crippen LogP contribution >= 0.6 is 0 Å². The highest BCUT2D eigenvalue weighted by Gasteiger charge is 2.25. The van der Waals surface area contributed by atoms with Gasteiger partial charge in [-0.05, 0) is 36.0 Å². The highest BCUT2D eigenvalue weighted by molar-refractivity contribution is 5.58. The van der Waals surface area contributed by atoms with Crippen molar-refractivity contribution in [1.82, 2.24) is 0 Å². The number of nitrogens with one attached hydrogen (secondary N) is 1. The molecule has 2 heteroatoms. The third kappa shape index (κ3) is 2.49. The third-order valence-corrected chi connectivity index (χ3v) is 2.93. The van der Waals surface area contributed by atoms with Gasteiger partial charge < -0.3 is 10.1 Å². The molecule has 0 heterocycles. The van der Waals surface area contributed by atoms with Crippen LogP contribution in [0, 0.1) is 0 Å². The van der Waals surface area contributed by atoms with Gasteiger partial charge in [0, 0.05) is 7.05 Å². The lowest BCUT2D eigenvalue weighted by Crippen LogP contribution is -2.12. The Labute approximate surface area is 98.0 Å². The monoisotopic (exact) mass is 219 g/mol.